The summed E-state index contributed by atoms with van der Waals surface area (Å²) in [5, 5.41) is 3.46. The second-order valence-electron chi connectivity index (χ2n) is 3.01. The number of hydrogen-bond donors (Lipinski definition) is 4. The Hall–Kier alpha value is -2.13. The molecule has 0 atom stereocenters. The molecule has 0 aliphatic carbocycles. The molecule has 0 saturated heterocycles. The standard InChI is InChI=1S/C8H10N4O4S/c9-6-3-5(4-11-12-8(10)13)1-2-7(6)17(14,15)16/h1-4H,9H2,(H3,10,12,13)(H,14,15,16). The molecule has 0 unspecified atom stereocenters. The number of nitrogens with two attached hydrogens (primary N) is 2. The highest BCUT2D eigenvalue weighted by Crippen LogP contribution is 2.18. The average Bonchev–Trinajstić information content (AvgIpc) is 2.14. The molecule has 1 aromatic rings. The molecular weight excluding hydrogens is 248 g/mol. The quantitative estimate of drug-likeness (QED) is 0.250. The smallest absolute Gasteiger partial charge is 0.332 e. The lowest BCUT2D eigenvalue weighted by atomic mass is 10.2. The highest BCUT2D eigenvalue weighted by Gasteiger charge is 2.13. The lowest BCUT2D eigenvalue weighted by Crippen LogP contribution is -2.24. The van der Waals surface area contributed by atoms with Crippen molar-refractivity contribution in [3.63, 3.8) is 0 Å². The van der Waals surface area contributed by atoms with E-state index in [1.807, 2.05) is 5.43 Å². The number of nitrogens with zero attached hydrogens (tertiary/aromatic N) is 1. The van der Waals surface area contributed by atoms with Gasteiger partial charge in [-0.25, -0.2) is 10.2 Å². The fraction of sp³-hybridized carbons (Fsp3) is 0. The molecule has 0 aliphatic rings. The number of hydrazone groups is 1. The average molecular weight is 258 g/mol. The SMILES string of the molecule is NC(=O)NN=Cc1ccc(S(=O)(=O)O)c(N)c1. The van der Waals surface area contributed by atoms with Gasteiger partial charge in [0, 0.05) is 0 Å². The van der Waals surface area contributed by atoms with Crippen LogP contribution < -0.4 is 16.9 Å². The number of nitrogen functional groups attached to an aromatic ring is 1. The molecule has 6 N–H and O–H groups in total. The second kappa shape index (κ2) is 4.80. The first kappa shape index (κ1) is 12.9. The Bertz CT molecular complexity index is 567. The maximum Gasteiger partial charge on any atom is 0.332 e. The number of nitrogens with one attached hydrogen (secondary N) is 1. The van der Waals surface area contributed by atoms with Gasteiger partial charge >= 0.3 is 6.03 Å². The largest absolute Gasteiger partial charge is 0.398 e. The predicted octanol–water partition coefficient (Wildman–Crippen LogP) is -0.482. The van der Waals surface area contributed by atoms with E-state index < -0.39 is 21.0 Å². The molecule has 17 heavy (non-hydrogen) atoms. The van der Waals surface area contributed by atoms with Crippen LogP contribution in [-0.4, -0.2) is 25.2 Å². The highest BCUT2D eigenvalue weighted by molar-refractivity contribution is 7.86. The van der Waals surface area contributed by atoms with Crippen LogP contribution in [0.15, 0.2) is 28.2 Å². The van der Waals surface area contributed by atoms with Crippen LogP contribution >= 0.6 is 0 Å². The van der Waals surface area contributed by atoms with Gasteiger partial charge in [0.15, 0.2) is 0 Å². The summed E-state index contributed by atoms with van der Waals surface area (Å²) in [5.74, 6) is 0. The van der Waals surface area contributed by atoms with Gasteiger partial charge in [0.05, 0.1) is 11.9 Å². The van der Waals surface area contributed by atoms with Crippen LogP contribution in [0.3, 0.4) is 0 Å². The van der Waals surface area contributed by atoms with Crippen molar-refractivity contribution in [2.75, 3.05) is 5.73 Å². The van der Waals surface area contributed by atoms with Gasteiger partial charge in [0.2, 0.25) is 0 Å². The van der Waals surface area contributed by atoms with Crippen LogP contribution in [0.1, 0.15) is 5.56 Å². The van der Waals surface area contributed by atoms with E-state index in [4.69, 9.17) is 16.0 Å². The first-order chi connectivity index (χ1) is 7.80. The number of anilines is 1. The summed E-state index contributed by atoms with van der Waals surface area (Å²) in [7, 11) is -4.34. The molecule has 0 aliphatic heterocycles. The van der Waals surface area contributed by atoms with Crippen molar-refractivity contribution in [1.82, 2.24) is 5.43 Å². The van der Waals surface area contributed by atoms with Gasteiger partial charge < -0.3 is 11.5 Å². The Kier molecular flexibility index (Phi) is 3.66. The molecule has 2 amide bonds. The molecule has 92 valence electrons. The van der Waals surface area contributed by atoms with Gasteiger partial charge in [0.1, 0.15) is 4.90 Å². The van der Waals surface area contributed by atoms with Gasteiger partial charge in [-0.1, -0.05) is 6.07 Å². The Labute approximate surface area is 97.0 Å². The van der Waals surface area contributed by atoms with Crippen molar-refractivity contribution in [3.8, 4) is 0 Å². The van der Waals surface area contributed by atoms with Crippen molar-refractivity contribution >= 4 is 28.1 Å². The molecule has 0 bridgehead atoms. The number of carbonyl (C=O) groups is 1. The number of carbonyl (C=O) groups excluding carboxylic acids is 1. The minimum Gasteiger partial charge on any atom is -0.398 e. The molecule has 0 aromatic heterocycles. The Morgan fingerprint density at radius 1 is 1.47 bits per heavy atom. The second-order valence-corrected chi connectivity index (χ2v) is 4.40. The van der Waals surface area contributed by atoms with Crippen molar-refractivity contribution in [1.29, 1.82) is 0 Å². The van der Waals surface area contributed by atoms with Gasteiger partial charge in [-0.3, -0.25) is 4.55 Å². The fourth-order valence-electron chi connectivity index (χ4n) is 1.05. The molecule has 0 saturated carbocycles. The summed E-state index contributed by atoms with van der Waals surface area (Å²) in [5.41, 5.74) is 12.5. The molecular formula is C8H10N4O4S. The maximum atomic E-state index is 10.8. The van der Waals surface area contributed by atoms with E-state index in [0.29, 0.717) is 5.56 Å². The van der Waals surface area contributed by atoms with E-state index in [1.165, 1.54) is 18.3 Å². The molecule has 0 spiro atoms. The first-order valence-corrected chi connectivity index (χ1v) is 5.70. The van der Waals surface area contributed by atoms with Crippen LogP contribution in [0, 0.1) is 0 Å². The lowest BCUT2D eigenvalue weighted by molar-refractivity contribution is 0.249. The summed E-state index contributed by atoms with van der Waals surface area (Å²) >= 11 is 0. The topological polar surface area (TPSA) is 148 Å². The minimum absolute atomic E-state index is 0.129. The summed E-state index contributed by atoms with van der Waals surface area (Å²) in [6.07, 6.45) is 1.22. The minimum atomic E-state index is -4.34. The fourth-order valence-corrected chi connectivity index (χ4v) is 1.65. The normalized spacial score (nSPS) is 11.6. The van der Waals surface area contributed by atoms with Crippen LogP contribution in [0.4, 0.5) is 10.5 Å². The molecule has 0 heterocycles. The zero-order valence-corrected chi connectivity index (χ0v) is 9.31. The summed E-state index contributed by atoms with van der Waals surface area (Å²) in [6.45, 7) is 0. The zero-order chi connectivity index (χ0) is 13.1. The summed E-state index contributed by atoms with van der Waals surface area (Å²) in [4.78, 5) is 9.91. The summed E-state index contributed by atoms with van der Waals surface area (Å²) in [6, 6.07) is 2.92. The van der Waals surface area contributed by atoms with E-state index in [1.54, 1.807) is 0 Å². The Morgan fingerprint density at radius 3 is 2.59 bits per heavy atom. The van der Waals surface area contributed by atoms with Crippen molar-refractivity contribution < 1.29 is 17.8 Å². The number of benzene rings is 1. The van der Waals surface area contributed by atoms with Gasteiger partial charge in [-0.15, -0.1) is 0 Å². The van der Waals surface area contributed by atoms with Crippen molar-refractivity contribution in [2.24, 2.45) is 10.8 Å². The number of primary amides is 1. The Balaban J connectivity index is 2.98. The van der Waals surface area contributed by atoms with Gasteiger partial charge in [-0.2, -0.15) is 13.5 Å². The van der Waals surface area contributed by atoms with Crippen molar-refractivity contribution in [2.45, 2.75) is 4.90 Å². The van der Waals surface area contributed by atoms with Crippen LogP contribution in [0.5, 0.6) is 0 Å². The highest BCUT2D eigenvalue weighted by atomic mass is 32.2. The van der Waals surface area contributed by atoms with Gasteiger partial charge in [-0.05, 0) is 17.7 Å². The van der Waals surface area contributed by atoms with E-state index in [-0.39, 0.29) is 5.69 Å². The molecule has 0 radical (unpaired) electrons. The zero-order valence-electron chi connectivity index (χ0n) is 8.49. The van der Waals surface area contributed by atoms with Crippen LogP contribution in [0.2, 0.25) is 0 Å². The molecule has 8 nitrogen and oxygen atoms in total. The number of urea groups is 1. The Morgan fingerprint density at radius 2 is 2.12 bits per heavy atom. The van der Waals surface area contributed by atoms with Crippen LogP contribution in [0.25, 0.3) is 0 Å². The number of rotatable bonds is 3. The predicted molar refractivity (Wildman–Crippen MR) is 61.0 cm³/mol. The van der Waals surface area contributed by atoms with Crippen molar-refractivity contribution in [3.05, 3.63) is 23.8 Å². The lowest BCUT2D eigenvalue weighted by Gasteiger charge is -2.02. The van der Waals surface area contributed by atoms with E-state index in [9.17, 15) is 13.2 Å². The summed E-state index contributed by atoms with van der Waals surface area (Å²) < 4.78 is 30.5. The van der Waals surface area contributed by atoms with Gasteiger partial charge in [0.25, 0.3) is 10.1 Å². The third-order valence-corrected chi connectivity index (χ3v) is 2.63. The molecule has 0 fully saturated rings. The molecule has 1 aromatic carbocycles. The third kappa shape index (κ3) is 3.74. The molecule has 9 heteroatoms. The van der Waals surface area contributed by atoms with E-state index >= 15 is 0 Å². The molecule has 1 rings (SSSR count). The van der Waals surface area contributed by atoms with E-state index in [0.717, 1.165) is 6.07 Å². The number of hydrogen-bond acceptors (Lipinski definition) is 5. The number of amides is 2. The van der Waals surface area contributed by atoms with E-state index in [2.05, 4.69) is 5.10 Å². The third-order valence-electron chi connectivity index (χ3n) is 1.70. The van der Waals surface area contributed by atoms with Crippen LogP contribution in [-0.2, 0) is 10.1 Å². The first-order valence-electron chi connectivity index (χ1n) is 4.26. The monoisotopic (exact) mass is 258 g/mol. The maximum absolute atomic E-state index is 10.8.